The minimum absolute atomic E-state index is 0.220. The van der Waals surface area contributed by atoms with Gasteiger partial charge in [0.25, 0.3) is 5.24 Å². The number of imide groups is 1. The quantitative estimate of drug-likeness (QED) is 0.0517. The first-order chi connectivity index (χ1) is 25.5. The second-order valence-corrected chi connectivity index (χ2v) is 13.5. The number of ether oxygens (including phenoxy) is 1. The van der Waals surface area contributed by atoms with Crippen molar-refractivity contribution >= 4 is 28.6 Å². The molecule has 2 amide bonds. The molecule has 1 aromatic heterocycles. The topological polar surface area (TPSA) is 81.1 Å². The normalized spacial score (nSPS) is 14.8. The van der Waals surface area contributed by atoms with Gasteiger partial charge in [-0.05, 0) is 59.9 Å². The molecule has 1 aliphatic heterocycles. The summed E-state index contributed by atoms with van der Waals surface area (Å²) >= 11 is 1.08. The molecule has 1 fully saturated rings. The Balaban J connectivity index is 0.992. The molecule has 6 aromatic rings. The molecule has 52 heavy (non-hydrogen) atoms. The van der Waals surface area contributed by atoms with E-state index in [9.17, 15) is 9.59 Å². The number of carbonyl (C=O) groups is 2. The van der Waals surface area contributed by atoms with E-state index >= 15 is 0 Å². The van der Waals surface area contributed by atoms with Crippen LogP contribution in [0.2, 0.25) is 0 Å². The summed E-state index contributed by atoms with van der Waals surface area (Å²) in [6.45, 7) is 2.46. The fourth-order valence-electron chi connectivity index (χ4n) is 6.53. The average Bonchev–Trinajstić information content (AvgIpc) is 3.48. The van der Waals surface area contributed by atoms with Crippen molar-refractivity contribution in [2.24, 2.45) is 5.16 Å². The van der Waals surface area contributed by atoms with Crippen molar-refractivity contribution in [1.29, 1.82) is 0 Å². The number of benzene rings is 5. The lowest BCUT2D eigenvalue weighted by Gasteiger charge is -2.42. The average molecular weight is 704 g/mol. The number of nitrogens with zero attached hydrogens (tertiary/aromatic N) is 3. The Kier molecular flexibility index (Phi) is 10.5. The van der Waals surface area contributed by atoms with Crippen LogP contribution in [0.15, 0.2) is 169 Å². The standard InChI is InChI=1S/C44H37N3O4S/c1-32(35-24-27-40(45-31-35)34-14-6-2-7-15-34)46-51-29-28-50-39-25-22-33(23-26-39)30-41-42(48)47(43(49)52-41)44(36-16-8-3-9-17-36,37-18-10-4-11-19-37)38-20-12-5-13-21-38/h2-27,31,41H,28-30H2,1H3. The molecule has 1 saturated heterocycles. The Hall–Kier alpha value is -5.99. The number of oxime groups is 1. The van der Waals surface area contributed by atoms with Crippen molar-refractivity contribution in [3.8, 4) is 17.0 Å². The van der Waals surface area contributed by atoms with E-state index in [1.54, 1.807) is 6.20 Å². The number of carbonyl (C=O) groups excluding carboxylic acids is 2. The molecule has 0 N–H and O–H groups in total. The third-order valence-electron chi connectivity index (χ3n) is 9.07. The highest BCUT2D eigenvalue weighted by atomic mass is 32.2. The van der Waals surface area contributed by atoms with E-state index in [2.05, 4.69) is 10.1 Å². The zero-order valence-electron chi connectivity index (χ0n) is 28.7. The van der Waals surface area contributed by atoms with Gasteiger partial charge in [-0.1, -0.05) is 150 Å². The predicted octanol–water partition coefficient (Wildman–Crippen LogP) is 9.17. The highest BCUT2D eigenvalue weighted by molar-refractivity contribution is 8.15. The second kappa shape index (κ2) is 15.9. The summed E-state index contributed by atoms with van der Waals surface area (Å²) in [5.74, 6) is 0.455. The second-order valence-electron chi connectivity index (χ2n) is 12.4. The van der Waals surface area contributed by atoms with E-state index in [0.717, 1.165) is 56.5 Å². The third-order valence-corrected chi connectivity index (χ3v) is 10.1. The number of thioether (sulfide) groups is 1. The molecule has 0 aliphatic carbocycles. The number of pyridine rings is 1. The lowest BCUT2D eigenvalue weighted by molar-refractivity contribution is -0.129. The monoisotopic (exact) mass is 703 g/mol. The van der Waals surface area contributed by atoms with Crippen LogP contribution < -0.4 is 4.74 Å². The molecule has 5 aromatic carbocycles. The Labute approximate surface area is 307 Å². The van der Waals surface area contributed by atoms with Crippen molar-refractivity contribution in [1.82, 2.24) is 9.88 Å². The highest BCUT2D eigenvalue weighted by Crippen LogP contribution is 2.47. The smallest absolute Gasteiger partial charge is 0.290 e. The van der Waals surface area contributed by atoms with Gasteiger partial charge >= 0.3 is 0 Å². The van der Waals surface area contributed by atoms with Crippen LogP contribution in [0.1, 0.15) is 34.7 Å². The highest BCUT2D eigenvalue weighted by Gasteiger charge is 2.53. The van der Waals surface area contributed by atoms with Gasteiger partial charge in [0, 0.05) is 17.3 Å². The predicted molar refractivity (Wildman–Crippen MR) is 206 cm³/mol. The van der Waals surface area contributed by atoms with Gasteiger partial charge < -0.3 is 9.57 Å². The van der Waals surface area contributed by atoms with E-state index in [1.807, 2.05) is 165 Å². The molecule has 7 nitrogen and oxygen atoms in total. The Bertz CT molecular complexity index is 2030. The van der Waals surface area contributed by atoms with Crippen molar-refractivity contribution in [3.63, 3.8) is 0 Å². The van der Waals surface area contributed by atoms with Crippen LogP contribution in [0, 0.1) is 0 Å². The maximum atomic E-state index is 14.4. The summed E-state index contributed by atoms with van der Waals surface area (Å²) in [5.41, 5.74) is 5.89. The maximum absolute atomic E-state index is 14.4. The fourth-order valence-corrected chi connectivity index (χ4v) is 7.59. The Morgan fingerprint density at radius 3 is 1.81 bits per heavy atom. The molecule has 2 heterocycles. The van der Waals surface area contributed by atoms with Gasteiger partial charge in [0.2, 0.25) is 5.91 Å². The van der Waals surface area contributed by atoms with Crippen LogP contribution in [0.3, 0.4) is 0 Å². The number of amides is 2. The summed E-state index contributed by atoms with van der Waals surface area (Å²) < 4.78 is 5.89. The molecule has 1 atom stereocenters. The zero-order chi connectivity index (χ0) is 35.8. The number of rotatable bonds is 13. The van der Waals surface area contributed by atoms with Crippen LogP contribution in [0.4, 0.5) is 4.79 Å². The van der Waals surface area contributed by atoms with Crippen molar-refractivity contribution in [2.45, 2.75) is 24.1 Å². The minimum Gasteiger partial charge on any atom is -0.490 e. The zero-order valence-corrected chi connectivity index (χ0v) is 29.5. The third kappa shape index (κ3) is 7.24. The first-order valence-corrected chi connectivity index (χ1v) is 18.0. The Morgan fingerprint density at radius 2 is 1.27 bits per heavy atom. The van der Waals surface area contributed by atoms with E-state index in [4.69, 9.17) is 9.57 Å². The molecule has 258 valence electrons. The van der Waals surface area contributed by atoms with E-state index in [1.165, 1.54) is 4.90 Å². The SMILES string of the molecule is CC(=NOCCOc1ccc(CC2SC(=O)N(C(c3ccccc3)(c3ccccc3)c3ccccc3)C2=O)cc1)c1ccc(-c2ccccc2)nc1. The van der Waals surface area contributed by atoms with Gasteiger partial charge in [0.1, 0.15) is 17.9 Å². The summed E-state index contributed by atoms with van der Waals surface area (Å²) in [7, 11) is 0. The van der Waals surface area contributed by atoms with Gasteiger partial charge in [-0.3, -0.25) is 19.5 Å². The molecule has 7 rings (SSSR count). The molecule has 0 bridgehead atoms. The van der Waals surface area contributed by atoms with Crippen LogP contribution in [-0.4, -0.2) is 45.2 Å². The lowest BCUT2D eigenvalue weighted by Crippen LogP contribution is -2.51. The molecule has 0 spiro atoms. The summed E-state index contributed by atoms with van der Waals surface area (Å²) in [6.07, 6.45) is 2.19. The number of aromatic nitrogens is 1. The fraction of sp³-hybridized carbons (Fsp3) is 0.136. The lowest BCUT2D eigenvalue weighted by atomic mass is 9.75. The maximum Gasteiger partial charge on any atom is 0.290 e. The molecule has 1 unspecified atom stereocenters. The van der Waals surface area contributed by atoms with Gasteiger partial charge in [0.05, 0.1) is 16.7 Å². The first kappa shape index (κ1) is 34.5. The molecule has 8 heteroatoms. The Morgan fingerprint density at radius 1 is 0.712 bits per heavy atom. The summed E-state index contributed by atoms with van der Waals surface area (Å²) in [5, 5.41) is 3.38. The van der Waals surface area contributed by atoms with E-state index < -0.39 is 10.8 Å². The van der Waals surface area contributed by atoms with Crippen molar-refractivity contribution in [2.75, 3.05) is 13.2 Å². The van der Waals surface area contributed by atoms with Gasteiger partial charge in [-0.25, -0.2) is 0 Å². The number of hydrogen-bond acceptors (Lipinski definition) is 7. The minimum atomic E-state index is -1.13. The van der Waals surface area contributed by atoms with Gasteiger partial charge in [-0.2, -0.15) is 0 Å². The molecular weight excluding hydrogens is 667 g/mol. The molecule has 0 radical (unpaired) electrons. The van der Waals surface area contributed by atoms with E-state index in [0.29, 0.717) is 18.8 Å². The van der Waals surface area contributed by atoms with Gasteiger partial charge in [0.15, 0.2) is 6.61 Å². The van der Waals surface area contributed by atoms with Gasteiger partial charge in [-0.15, -0.1) is 0 Å². The molecular formula is C44H37N3O4S. The van der Waals surface area contributed by atoms with Crippen molar-refractivity contribution in [3.05, 3.63) is 192 Å². The van der Waals surface area contributed by atoms with Crippen LogP contribution in [0.5, 0.6) is 5.75 Å². The van der Waals surface area contributed by atoms with Crippen LogP contribution in [-0.2, 0) is 21.6 Å². The first-order valence-electron chi connectivity index (χ1n) is 17.2. The largest absolute Gasteiger partial charge is 0.490 e. The summed E-state index contributed by atoms with van der Waals surface area (Å²) in [6, 6.07) is 51.0. The number of hydrogen-bond donors (Lipinski definition) is 0. The van der Waals surface area contributed by atoms with Crippen molar-refractivity contribution < 1.29 is 19.2 Å². The van der Waals surface area contributed by atoms with Crippen LogP contribution in [0.25, 0.3) is 11.3 Å². The summed E-state index contributed by atoms with van der Waals surface area (Å²) in [4.78, 5) is 39.9. The van der Waals surface area contributed by atoms with Crippen LogP contribution >= 0.6 is 11.8 Å². The molecule has 1 aliphatic rings. The van der Waals surface area contributed by atoms with E-state index in [-0.39, 0.29) is 17.8 Å². The molecule has 0 saturated carbocycles.